The van der Waals surface area contributed by atoms with Gasteiger partial charge in [-0.3, -0.25) is 0 Å². The van der Waals surface area contributed by atoms with Gasteiger partial charge in [-0.2, -0.15) is 18.4 Å². The van der Waals surface area contributed by atoms with Crippen molar-refractivity contribution in [1.82, 2.24) is 4.83 Å². The summed E-state index contributed by atoms with van der Waals surface area (Å²) in [6.45, 7) is 2.39. The number of ether oxygens (including phenoxy) is 4. The molecule has 0 aromatic heterocycles. The zero-order valence-corrected chi connectivity index (χ0v) is 18.8. The Morgan fingerprint density at radius 3 is 2.48 bits per heavy atom. The van der Waals surface area contributed by atoms with E-state index in [0.717, 1.165) is 12.8 Å². The van der Waals surface area contributed by atoms with E-state index in [2.05, 4.69) is 9.93 Å². The van der Waals surface area contributed by atoms with E-state index in [-0.39, 0.29) is 16.7 Å². The molecular weight excluding hydrogens is 420 g/mol. The second-order valence-electron chi connectivity index (χ2n) is 7.03. The number of hydrazone groups is 1. The number of nitrogens with zero attached hydrogens (tertiary/aromatic N) is 1. The molecule has 0 atom stereocenters. The maximum Gasteiger partial charge on any atom is 0.280 e. The molecule has 0 bridgehead atoms. The van der Waals surface area contributed by atoms with Gasteiger partial charge in [-0.05, 0) is 68.5 Å². The highest BCUT2D eigenvalue weighted by Gasteiger charge is 2.20. The lowest BCUT2D eigenvalue weighted by molar-refractivity contribution is 0.197. The van der Waals surface area contributed by atoms with Crippen molar-refractivity contribution in [2.75, 3.05) is 20.8 Å². The lowest BCUT2D eigenvalue weighted by atomic mass is 10.2. The lowest BCUT2D eigenvalue weighted by Crippen LogP contribution is -2.19. The van der Waals surface area contributed by atoms with Crippen LogP contribution in [-0.4, -0.2) is 41.6 Å². The van der Waals surface area contributed by atoms with Crippen LogP contribution in [0.4, 0.5) is 0 Å². The first-order valence-corrected chi connectivity index (χ1v) is 11.7. The van der Waals surface area contributed by atoms with Crippen molar-refractivity contribution in [3.05, 3.63) is 42.0 Å². The first-order chi connectivity index (χ1) is 15.0. The fraction of sp³-hybridized carbons (Fsp3) is 0.409. The maximum absolute atomic E-state index is 12.6. The Hall–Kier alpha value is -2.94. The Bertz CT molecular complexity index is 1020. The van der Waals surface area contributed by atoms with Crippen LogP contribution in [0.25, 0.3) is 0 Å². The van der Waals surface area contributed by atoms with E-state index < -0.39 is 10.0 Å². The summed E-state index contributed by atoms with van der Waals surface area (Å²) in [4.78, 5) is 2.17. The van der Waals surface area contributed by atoms with Gasteiger partial charge in [0.15, 0.2) is 11.5 Å². The van der Waals surface area contributed by atoms with Gasteiger partial charge in [0, 0.05) is 6.07 Å². The van der Waals surface area contributed by atoms with Crippen molar-refractivity contribution in [2.24, 2.45) is 5.10 Å². The van der Waals surface area contributed by atoms with Gasteiger partial charge in [-0.15, -0.1) is 0 Å². The molecule has 0 amide bonds. The normalized spacial score (nSPS) is 14.5. The minimum absolute atomic E-state index is 0.0386. The standard InChI is InChI=1S/C22H28N2O6S/c1-4-29-20-13-16(9-11-19(20)30-17-7-5-6-8-17)15-23-24-31(25,26)22-12-10-18(27-2)14-21(22)28-3/h9-15,17,24H,4-8H2,1-3H3/b23-15-. The number of hydrogen-bond donors (Lipinski definition) is 1. The van der Waals surface area contributed by atoms with E-state index in [1.54, 1.807) is 12.1 Å². The molecule has 1 fully saturated rings. The van der Waals surface area contributed by atoms with Crippen LogP contribution in [0, 0.1) is 0 Å². The topological polar surface area (TPSA) is 95.5 Å². The van der Waals surface area contributed by atoms with Crippen molar-refractivity contribution in [2.45, 2.75) is 43.6 Å². The number of rotatable bonds is 10. The third-order valence-corrected chi connectivity index (χ3v) is 6.17. The Labute approximate surface area is 183 Å². The molecule has 1 aliphatic carbocycles. The third-order valence-electron chi connectivity index (χ3n) is 4.91. The minimum atomic E-state index is -3.93. The molecule has 3 rings (SSSR count). The summed E-state index contributed by atoms with van der Waals surface area (Å²) < 4.78 is 47.3. The van der Waals surface area contributed by atoms with Crippen LogP contribution in [0.15, 0.2) is 46.4 Å². The molecule has 8 nitrogen and oxygen atoms in total. The average molecular weight is 449 g/mol. The van der Waals surface area contributed by atoms with E-state index in [1.165, 1.54) is 51.5 Å². The molecule has 2 aromatic rings. The number of methoxy groups -OCH3 is 2. The number of nitrogens with one attached hydrogen (secondary N) is 1. The SMILES string of the molecule is CCOc1cc(/C=N\NS(=O)(=O)c2ccc(OC)cc2OC)ccc1OC1CCCC1. The van der Waals surface area contributed by atoms with E-state index in [0.29, 0.717) is 29.4 Å². The Kier molecular flexibility index (Phi) is 7.62. The molecule has 1 saturated carbocycles. The van der Waals surface area contributed by atoms with Crippen molar-refractivity contribution < 1.29 is 27.4 Å². The van der Waals surface area contributed by atoms with E-state index in [4.69, 9.17) is 18.9 Å². The second kappa shape index (κ2) is 10.4. The number of hydrogen-bond acceptors (Lipinski definition) is 7. The Morgan fingerprint density at radius 2 is 1.81 bits per heavy atom. The van der Waals surface area contributed by atoms with Crippen molar-refractivity contribution in [3.63, 3.8) is 0 Å². The quantitative estimate of drug-likeness (QED) is 0.439. The first kappa shape index (κ1) is 22.7. The summed E-state index contributed by atoms with van der Waals surface area (Å²) in [5.41, 5.74) is 0.673. The maximum atomic E-state index is 12.6. The van der Waals surface area contributed by atoms with Gasteiger partial charge in [-0.25, -0.2) is 0 Å². The summed E-state index contributed by atoms with van der Waals surface area (Å²) >= 11 is 0. The summed E-state index contributed by atoms with van der Waals surface area (Å²) in [5.74, 6) is 1.95. The van der Waals surface area contributed by atoms with Crippen LogP contribution in [0.5, 0.6) is 23.0 Å². The third kappa shape index (κ3) is 5.81. The van der Waals surface area contributed by atoms with Crippen molar-refractivity contribution in [3.8, 4) is 23.0 Å². The highest BCUT2D eigenvalue weighted by molar-refractivity contribution is 7.89. The number of sulfonamides is 1. The number of benzene rings is 2. The Morgan fingerprint density at radius 1 is 1.03 bits per heavy atom. The second-order valence-corrected chi connectivity index (χ2v) is 8.66. The van der Waals surface area contributed by atoms with Crippen molar-refractivity contribution >= 4 is 16.2 Å². The molecule has 0 unspecified atom stereocenters. The fourth-order valence-electron chi connectivity index (χ4n) is 3.37. The molecule has 9 heteroatoms. The molecule has 2 aromatic carbocycles. The first-order valence-electron chi connectivity index (χ1n) is 10.2. The van der Waals surface area contributed by atoms with Crippen LogP contribution in [0.1, 0.15) is 38.2 Å². The molecule has 0 saturated heterocycles. The minimum Gasteiger partial charge on any atom is -0.497 e. The molecule has 0 spiro atoms. The van der Waals surface area contributed by atoms with Crippen LogP contribution in [0.2, 0.25) is 0 Å². The van der Waals surface area contributed by atoms with Gasteiger partial charge in [0.1, 0.15) is 16.4 Å². The van der Waals surface area contributed by atoms with E-state index >= 15 is 0 Å². The highest BCUT2D eigenvalue weighted by atomic mass is 32.2. The largest absolute Gasteiger partial charge is 0.497 e. The molecule has 1 aliphatic rings. The van der Waals surface area contributed by atoms with Crippen LogP contribution in [0.3, 0.4) is 0 Å². The van der Waals surface area contributed by atoms with Gasteiger partial charge in [0.2, 0.25) is 0 Å². The summed E-state index contributed by atoms with van der Waals surface area (Å²) in [5, 5.41) is 3.90. The van der Waals surface area contributed by atoms with E-state index in [9.17, 15) is 8.42 Å². The van der Waals surface area contributed by atoms with Gasteiger partial charge in [0.25, 0.3) is 10.0 Å². The zero-order chi connectivity index (χ0) is 22.3. The van der Waals surface area contributed by atoms with Gasteiger partial charge in [0.05, 0.1) is 33.1 Å². The molecule has 31 heavy (non-hydrogen) atoms. The molecule has 0 aliphatic heterocycles. The van der Waals surface area contributed by atoms with Crippen molar-refractivity contribution in [1.29, 1.82) is 0 Å². The molecule has 0 heterocycles. The van der Waals surface area contributed by atoms with Crippen LogP contribution >= 0.6 is 0 Å². The smallest absolute Gasteiger partial charge is 0.280 e. The predicted octanol–water partition coefficient (Wildman–Crippen LogP) is 3.74. The predicted molar refractivity (Wildman–Crippen MR) is 118 cm³/mol. The van der Waals surface area contributed by atoms with Crippen LogP contribution in [-0.2, 0) is 10.0 Å². The fourth-order valence-corrected chi connectivity index (χ4v) is 4.32. The van der Waals surface area contributed by atoms with Gasteiger partial charge in [-0.1, -0.05) is 0 Å². The monoisotopic (exact) mass is 448 g/mol. The molecular formula is C22H28N2O6S. The lowest BCUT2D eigenvalue weighted by Gasteiger charge is -2.17. The van der Waals surface area contributed by atoms with E-state index in [1.807, 2.05) is 13.0 Å². The van der Waals surface area contributed by atoms with Gasteiger partial charge < -0.3 is 18.9 Å². The molecule has 168 valence electrons. The average Bonchev–Trinajstić information content (AvgIpc) is 3.28. The van der Waals surface area contributed by atoms with Crippen LogP contribution < -0.4 is 23.8 Å². The summed E-state index contributed by atoms with van der Waals surface area (Å²) in [6.07, 6.45) is 6.08. The highest BCUT2D eigenvalue weighted by Crippen LogP contribution is 2.32. The van der Waals surface area contributed by atoms with Gasteiger partial charge >= 0.3 is 0 Å². The summed E-state index contributed by atoms with van der Waals surface area (Å²) in [7, 11) is -1.04. The Balaban J connectivity index is 1.74. The molecule has 1 N–H and O–H groups in total. The zero-order valence-electron chi connectivity index (χ0n) is 18.0. The summed E-state index contributed by atoms with van der Waals surface area (Å²) in [6, 6.07) is 9.84. The molecule has 0 radical (unpaired) electrons.